The number of nitrogens with one attached hydrogen (secondary N) is 3. The van der Waals surface area contributed by atoms with Gasteiger partial charge in [-0.15, -0.1) is 18.7 Å². The van der Waals surface area contributed by atoms with Crippen molar-refractivity contribution >= 4 is 23.3 Å². The summed E-state index contributed by atoms with van der Waals surface area (Å²) in [6.07, 6.45) is -4.81. The number of amides is 2. The lowest BCUT2D eigenvalue weighted by atomic mass is 10.3. The third kappa shape index (κ3) is 2.87. The molecule has 1 heterocycles. The maximum Gasteiger partial charge on any atom is 0.573 e. The Hall–Kier alpha value is -1.87. The molecular weight excluding hydrogens is 277 g/mol. The zero-order valence-corrected chi connectivity index (χ0v) is 9.26. The van der Waals surface area contributed by atoms with Crippen molar-refractivity contribution in [3.8, 4) is 5.75 Å². The van der Waals surface area contributed by atoms with E-state index in [0.29, 0.717) is 5.69 Å². The predicted molar refractivity (Wildman–Crippen MR) is 55.4 cm³/mol. The van der Waals surface area contributed by atoms with Crippen molar-refractivity contribution in [1.29, 1.82) is 0 Å². The molecule has 2 rings (SSSR count). The number of rotatable bonds is 2. The molecule has 2 amide bonds. The summed E-state index contributed by atoms with van der Waals surface area (Å²) in [5.74, 6) is -0.522. The molecule has 18 heavy (non-hydrogen) atoms. The van der Waals surface area contributed by atoms with Crippen LogP contribution in [0, 0.1) is 0 Å². The number of hydrazine groups is 3. The number of carbonyl (C=O) groups excluding carboxylic acids is 1. The SMILES string of the molecule is O=C1NNN(c2ccc(OC(F)(F)F)c(Cl)c2)N1. The molecule has 0 spiro atoms. The highest BCUT2D eigenvalue weighted by molar-refractivity contribution is 6.32. The lowest BCUT2D eigenvalue weighted by Gasteiger charge is -2.17. The van der Waals surface area contributed by atoms with Crippen LogP contribution in [0.3, 0.4) is 0 Å². The Bertz CT molecular complexity index is 482. The summed E-state index contributed by atoms with van der Waals surface area (Å²) < 4.78 is 39.7. The first kappa shape index (κ1) is 12.6. The number of carbonyl (C=O) groups is 1. The van der Waals surface area contributed by atoms with Crippen molar-refractivity contribution in [2.45, 2.75) is 6.36 Å². The average Bonchev–Trinajstić information content (AvgIpc) is 2.66. The number of hydrogen-bond acceptors (Lipinski definition) is 4. The molecular formula is C8H6ClF3N4O2. The van der Waals surface area contributed by atoms with Gasteiger partial charge in [-0.3, -0.25) is 5.43 Å². The Morgan fingerprint density at radius 2 is 2.06 bits per heavy atom. The standard InChI is InChI=1S/C8H6ClF3N4O2/c9-5-3-4(16-14-7(17)13-15-16)1-2-6(5)18-8(10,11)12/h1-3,15H,(H2,13,14,17). The van der Waals surface area contributed by atoms with Gasteiger partial charge in [0.2, 0.25) is 0 Å². The van der Waals surface area contributed by atoms with Gasteiger partial charge < -0.3 is 4.74 Å². The van der Waals surface area contributed by atoms with Gasteiger partial charge in [0.15, 0.2) is 0 Å². The van der Waals surface area contributed by atoms with Gasteiger partial charge in [-0.05, 0) is 18.2 Å². The van der Waals surface area contributed by atoms with Crippen molar-refractivity contribution in [2.75, 3.05) is 5.12 Å². The Kier molecular flexibility index (Phi) is 3.09. The van der Waals surface area contributed by atoms with Crippen LogP contribution < -0.4 is 26.2 Å². The van der Waals surface area contributed by atoms with E-state index in [0.717, 1.165) is 11.2 Å². The number of anilines is 1. The number of halogens is 4. The van der Waals surface area contributed by atoms with E-state index >= 15 is 0 Å². The summed E-state index contributed by atoms with van der Waals surface area (Å²) >= 11 is 5.64. The normalized spacial score (nSPS) is 15.3. The summed E-state index contributed by atoms with van der Waals surface area (Å²) in [6.45, 7) is 0. The molecule has 0 aliphatic carbocycles. The fraction of sp³-hybridized carbons (Fsp3) is 0.125. The van der Waals surface area contributed by atoms with Gasteiger partial charge >= 0.3 is 12.4 Å². The van der Waals surface area contributed by atoms with E-state index in [1.165, 1.54) is 12.1 Å². The minimum atomic E-state index is -4.81. The molecule has 1 fully saturated rings. The molecule has 0 aromatic heterocycles. The molecule has 1 aliphatic heterocycles. The largest absolute Gasteiger partial charge is 0.573 e. The molecule has 1 aliphatic rings. The average molecular weight is 283 g/mol. The van der Waals surface area contributed by atoms with E-state index in [1.54, 1.807) is 0 Å². The van der Waals surface area contributed by atoms with Crippen LogP contribution >= 0.6 is 11.6 Å². The molecule has 1 saturated heterocycles. The monoisotopic (exact) mass is 282 g/mol. The molecule has 10 heteroatoms. The quantitative estimate of drug-likeness (QED) is 0.772. The minimum absolute atomic E-state index is 0.243. The van der Waals surface area contributed by atoms with Crippen molar-refractivity contribution in [3.63, 3.8) is 0 Å². The Morgan fingerprint density at radius 1 is 1.33 bits per heavy atom. The number of nitrogens with zero attached hydrogens (tertiary/aromatic N) is 1. The van der Waals surface area contributed by atoms with Gasteiger partial charge in [-0.25, -0.2) is 10.2 Å². The van der Waals surface area contributed by atoms with E-state index in [4.69, 9.17) is 11.6 Å². The first-order valence-corrected chi connectivity index (χ1v) is 4.91. The topological polar surface area (TPSA) is 65.6 Å². The van der Waals surface area contributed by atoms with E-state index in [2.05, 4.69) is 21.1 Å². The van der Waals surface area contributed by atoms with Crippen LogP contribution in [0.15, 0.2) is 18.2 Å². The highest BCUT2D eigenvalue weighted by Gasteiger charge is 2.32. The fourth-order valence-corrected chi connectivity index (χ4v) is 1.44. The van der Waals surface area contributed by atoms with E-state index in [-0.39, 0.29) is 5.02 Å². The molecule has 0 atom stereocenters. The first-order valence-electron chi connectivity index (χ1n) is 4.53. The minimum Gasteiger partial charge on any atom is -0.404 e. The molecule has 0 saturated carbocycles. The molecule has 3 N–H and O–H groups in total. The van der Waals surface area contributed by atoms with E-state index in [1.807, 2.05) is 0 Å². The Balaban J connectivity index is 2.17. The van der Waals surface area contributed by atoms with Crippen LogP contribution in [0.4, 0.5) is 23.7 Å². The van der Waals surface area contributed by atoms with Crippen molar-refractivity contribution < 1.29 is 22.7 Å². The van der Waals surface area contributed by atoms with Crippen LogP contribution in [0.5, 0.6) is 5.75 Å². The van der Waals surface area contributed by atoms with Crippen molar-refractivity contribution in [2.24, 2.45) is 0 Å². The van der Waals surface area contributed by atoms with E-state index < -0.39 is 18.1 Å². The third-order valence-electron chi connectivity index (χ3n) is 1.89. The second-order valence-electron chi connectivity index (χ2n) is 3.18. The molecule has 1 aromatic carbocycles. The van der Waals surface area contributed by atoms with Crippen LogP contribution in [0.25, 0.3) is 0 Å². The molecule has 6 nitrogen and oxygen atoms in total. The van der Waals surface area contributed by atoms with Gasteiger partial charge in [-0.1, -0.05) is 11.6 Å². The maximum absolute atomic E-state index is 12.0. The zero-order valence-electron chi connectivity index (χ0n) is 8.51. The number of hydrogen-bond donors (Lipinski definition) is 3. The lowest BCUT2D eigenvalue weighted by Crippen LogP contribution is -2.40. The second-order valence-corrected chi connectivity index (χ2v) is 3.58. The van der Waals surface area contributed by atoms with Crippen molar-refractivity contribution in [1.82, 2.24) is 16.4 Å². The maximum atomic E-state index is 12.0. The van der Waals surface area contributed by atoms with Crippen molar-refractivity contribution in [3.05, 3.63) is 23.2 Å². The number of benzene rings is 1. The molecule has 0 bridgehead atoms. The summed E-state index contributed by atoms with van der Waals surface area (Å²) in [4.78, 5) is 10.8. The highest BCUT2D eigenvalue weighted by atomic mass is 35.5. The molecule has 1 aromatic rings. The summed E-state index contributed by atoms with van der Waals surface area (Å²) in [5.41, 5.74) is 7.27. The number of urea groups is 1. The summed E-state index contributed by atoms with van der Waals surface area (Å²) in [5, 5.41) is 0.902. The predicted octanol–water partition coefficient (Wildman–Crippen LogP) is 1.69. The molecule has 98 valence electrons. The first-order chi connectivity index (χ1) is 8.35. The second kappa shape index (κ2) is 4.42. The molecule has 0 unspecified atom stereocenters. The zero-order chi connectivity index (χ0) is 13.3. The Labute approximate surface area is 104 Å². The summed E-state index contributed by atoms with van der Waals surface area (Å²) in [7, 11) is 0. The van der Waals surface area contributed by atoms with Gasteiger partial charge in [0.1, 0.15) is 5.75 Å². The van der Waals surface area contributed by atoms with E-state index in [9.17, 15) is 18.0 Å². The van der Waals surface area contributed by atoms with Gasteiger partial charge in [0.05, 0.1) is 10.7 Å². The third-order valence-corrected chi connectivity index (χ3v) is 2.19. The van der Waals surface area contributed by atoms with Crippen LogP contribution in [0.2, 0.25) is 5.02 Å². The van der Waals surface area contributed by atoms with Crippen LogP contribution in [-0.4, -0.2) is 12.4 Å². The summed E-state index contributed by atoms with van der Waals surface area (Å²) in [6, 6.07) is 3.01. The molecule has 0 radical (unpaired) electrons. The number of ether oxygens (including phenoxy) is 1. The van der Waals surface area contributed by atoms with Gasteiger partial charge in [0, 0.05) is 0 Å². The van der Waals surface area contributed by atoms with Crippen LogP contribution in [0.1, 0.15) is 0 Å². The fourth-order valence-electron chi connectivity index (χ4n) is 1.23. The Morgan fingerprint density at radius 3 is 2.56 bits per heavy atom. The smallest absolute Gasteiger partial charge is 0.404 e. The van der Waals surface area contributed by atoms with Crippen LogP contribution in [-0.2, 0) is 0 Å². The van der Waals surface area contributed by atoms with Gasteiger partial charge in [0.25, 0.3) is 0 Å². The lowest BCUT2D eigenvalue weighted by molar-refractivity contribution is -0.274. The van der Waals surface area contributed by atoms with Gasteiger partial charge in [-0.2, -0.15) is 5.12 Å². The number of alkyl halides is 3. The highest BCUT2D eigenvalue weighted by Crippen LogP contribution is 2.32.